The molecule has 1 N–H and O–H groups in total. The van der Waals surface area contributed by atoms with Crippen molar-refractivity contribution in [2.24, 2.45) is 5.92 Å². The maximum Gasteiger partial charge on any atom is 0.326 e. The molecule has 0 saturated carbocycles. The van der Waals surface area contributed by atoms with Gasteiger partial charge in [0.05, 0.1) is 5.38 Å². The molecule has 1 aliphatic rings. The summed E-state index contributed by atoms with van der Waals surface area (Å²) in [4.78, 5) is 24.0. The fourth-order valence-electron chi connectivity index (χ4n) is 1.62. The first-order chi connectivity index (χ1) is 6.97. The topological polar surface area (TPSA) is 57.6 Å². The molecule has 0 bridgehead atoms. The Morgan fingerprint density at radius 2 is 2.27 bits per heavy atom. The molecule has 15 heavy (non-hydrogen) atoms. The number of aliphatic carboxylic acids is 1. The minimum Gasteiger partial charge on any atom is -0.480 e. The first kappa shape index (κ1) is 12.6. The summed E-state index contributed by atoms with van der Waals surface area (Å²) in [5.41, 5.74) is 0. The van der Waals surface area contributed by atoms with Gasteiger partial charge in [0.2, 0.25) is 5.91 Å². The van der Waals surface area contributed by atoms with Gasteiger partial charge in [0.25, 0.3) is 0 Å². The van der Waals surface area contributed by atoms with E-state index in [1.54, 1.807) is 6.92 Å². The summed E-state index contributed by atoms with van der Waals surface area (Å²) in [6, 6.07) is -0.776. The molecule has 1 heterocycles. The van der Waals surface area contributed by atoms with Crippen LogP contribution in [0, 0.1) is 5.92 Å². The molecular formula is C9H14ClNO3S. The number of hydrogen-bond acceptors (Lipinski definition) is 3. The van der Waals surface area contributed by atoms with Crippen molar-refractivity contribution in [2.45, 2.75) is 24.8 Å². The lowest BCUT2D eigenvalue weighted by Crippen LogP contribution is -2.43. The summed E-state index contributed by atoms with van der Waals surface area (Å²) < 4.78 is 0. The largest absolute Gasteiger partial charge is 0.480 e. The van der Waals surface area contributed by atoms with Gasteiger partial charge in [0.1, 0.15) is 6.04 Å². The summed E-state index contributed by atoms with van der Waals surface area (Å²) >= 11 is 9.88. The standard InChI is InChI=1S/C9H14ClNO3S/c1-5(4-15)8(12)11-3-6(10)2-7(11)9(13)14/h5-7,15H,2-4H2,1H3,(H,13,14)/t5?,6?,7-/m0/s1. The second-order valence-electron chi connectivity index (χ2n) is 3.76. The first-order valence-electron chi connectivity index (χ1n) is 4.75. The van der Waals surface area contributed by atoms with Crippen LogP contribution in [0.25, 0.3) is 0 Å². The molecule has 0 aromatic heterocycles. The predicted molar refractivity (Wildman–Crippen MR) is 60.4 cm³/mol. The zero-order valence-corrected chi connectivity index (χ0v) is 10.0. The van der Waals surface area contributed by atoms with Crippen molar-refractivity contribution in [3.05, 3.63) is 0 Å². The van der Waals surface area contributed by atoms with Crippen molar-refractivity contribution in [2.75, 3.05) is 12.3 Å². The number of alkyl halides is 1. The lowest BCUT2D eigenvalue weighted by atomic mass is 10.1. The van der Waals surface area contributed by atoms with E-state index < -0.39 is 12.0 Å². The monoisotopic (exact) mass is 251 g/mol. The Hall–Kier alpha value is -0.420. The smallest absolute Gasteiger partial charge is 0.326 e. The van der Waals surface area contributed by atoms with Crippen LogP contribution in [0.2, 0.25) is 0 Å². The highest BCUT2D eigenvalue weighted by molar-refractivity contribution is 7.80. The van der Waals surface area contributed by atoms with Gasteiger partial charge in [0.15, 0.2) is 0 Å². The normalized spacial score (nSPS) is 27.8. The molecule has 0 aliphatic carbocycles. The maximum absolute atomic E-state index is 11.8. The van der Waals surface area contributed by atoms with Gasteiger partial charge in [-0.2, -0.15) is 12.6 Å². The average Bonchev–Trinajstić information content (AvgIpc) is 2.58. The molecule has 1 fully saturated rings. The zero-order valence-electron chi connectivity index (χ0n) is 8.39. The number of rotatable bonds is 3. The number of carboxylic acids is 1. The van der Waals surface area contributed by atoms with Crippen LogP contribution >= 0.6 is 24.2 Å². The molecule has 86 valence electrons. The number of thiol groups is 1. The van der Waals surface area contributed by atoms with Crippen molar-refractivity contribution in [1.82, 2.24) is 4.90 Å². The first-order valence-corrected chi connectivity index (χ1v) is 5.82. The van der Waals surface area contributed by atoms with Gasteiger partial charge in [-0.3, -0.25) is 4.79 Å². The Kier molecular flexibility index (Phi) is 4.28. The number of likely N-dealkylation sites (tertiary alicyclic amines) is 1. The van der Waals surface area contributed by atoms with Crippen LogP contribution in [0.15, 0.2) is 0 Å². The van der Waals surface area contributed by atoms with E-state index in [0.717, 1.165) is 0 Å². The third-order valence-electron chi connectivity index (χ3n) is 2.51. The van der Waals surface area contributed by atoms with Crippen molar-refractivity contribution >= 4 is 36.1 Å². The van der Waals surface area contributed by atoms with Gasteiger partial charge in [-0.05, 0) is 6.42 Å². The van der Waals surface area contributed by atoms with Crippen molar-refractivity contribution < 1.29 is 14.7 Å². The molecule has 2 unspecified atom stereocenters. The van der Waals surface area contributed by atoms with Crippen LogP contribution in [-0.4, -0.2) is 45.6 Å². The Bertz CT molecular complexity index is 274. The second kappa shape index (κ2) is 5.07. The van der Waals surface area contributed by atoms with Crippen LogP contribution in [0.1, 0.15) is 13.3 Å². The Balaban J connectivity index is 2.75. The van der Waals surface area contributed by atoms with E-state index in [1.165, 1.54) is 4.90 Å². The van der Waals surface area contributed by atoms with Crippen molar-refractivity contribution in [3.8, 4) is 0 Å². The molecule has 1 rings (SSSR count). The molecule has 3 atom stereocenters. The minimum atomic E-state index is -0.988. The highest BCUT2D eigenvalue weighted by atomic mass is 35.5. The molecule has 1 saturated heterocycles. The molecule has 0 spiro atoms. The van der Waals surface area contributed by atoms with E-state index in [0.29, 0.717) is 18.7 Å². The molecule has 6 heteroatoms. The number of nitrogens with zero attached hydrogens (tertiary/aromatic N) is 1. The van der Waals surface area contributed by atoms with Gasteiger partial charge in [-0.15, -0.1) is 11.6 Å². The van der Waals surface area contributed by atoms with Crippen LogP contribution < -0.4 is 0 Å². The molecule has 1 amide bonds. The fraction of sp³-hybridized carbons (Fsp3) is 0.778. The van der Waals surface area contributed by atoms with Crippen LogP contribution in [0.4, 0.5) is 0 Å². The molecule has 0 radical (unpaired) electrons. The minimum absolute atomic E-state index is 0.180. The van der Waals surface area contributed by atoms with Gasteiger partial charge in [-0.1, -0.05) is 6.92 Å². The summed E-state index contributed by atoms with van der Waals surface area (Å²) in [6.07, 6.45) is 0.321. The average molecular weight is 252 g/mol. The Morgan fingerprint density at radius 1 is 1.67 bits per heavy atom. The number of carbonyl (C=O) groups is 2. The summed E-state index contributed by atoms with van der Waals surface area (Å²) in [7, 11) is 0. The Labute approximate surface area is 99.0 Å². The molecule has 1 aliphatic heterocycles. The van der Waals surface area contributed by atoms with E-state index >= 15 is 0 Å². The number of amides is 1. The van der Waals surface area contributed by atoms with Gasteiger partial charge < -0.3 is 10.0 Å². The fourth-order valence-corrected chi connectivity index (χ4v) is 2.10. The van der Waals surface area contributed by atoms with Crippen LogP contribution in [-0.2, 0) is 9.59 Å². The third kappa shape index (κ3) is 2.78. The maximum atomic E-state index is 11.8. The van der Waals surface area contributed by atoms with Crippen molar-refractivity contribution in [3.63, 3.8) is 0 Å². The molecule has 4 nitrogen and oxygen atoms in total. The van der Waals surface area contributed by atoms with E-state index in [-0.39, 0.29) is 17.2 Å². The quantitative estimate of drug-likeness (QED) is 0.578. The zero-order chi connectivity index (χ0) is 11.6. The number of halogens is 1. The van der Waals surface area contributed by atoms with Gasteiger partial charge in [0, 0.05) is 18.2 Å². The number of carbonyl (C=O) groups excluding carboxylic acids is 1. The van der Waals surface area contributed by atoms with Crippen LogP contribution in [0.5, 0.6) is 0 Å². The van der Waals surface area contributed by atoms with E-state index in [9.17, 15) is 9.59 Å². The lowest BCUT2D eigenvalue weighted by molar-refractivity contribution is -0.149. The van der Waals surface area contributed by atoms with E-state index in [2.05, 4.69) is 12.6 Å². The van der Waals surface area contributed by atoms with Gasteiger partial charge in [-0.25, -0.2) is 4.79 Å². The highest BCUT2D eigenvalue weighted by Gasteiger charge is 2.39. The third-order valence-corrected chi connectivity index (χ3v) is 3.38. The number of carboxylic acid groups (broad SMARTS) is 1. The summed E-state index contributed by atoms with van der Waals surface area (Å²) in [5.74, 6) is -1.02. The summed E-state index contributed by atoms with van der Waals surface area (Å²) in [5, 5.41) is 8.67. The van der Waals surface area contributed by atoms with Crippen molar-refractivity contribution in [1.29, 1.82) is 0 Å². The highest BCUT2D eigenvalue weighted by Crippen LogP contribution is 2.24. The SMILES string of the molecule is CC(CS)C(=O)N1CC(Cl)C[C@H]1C(=O)O. The number of hydrogen-bond donors (Lipinski definition) is 2. The van der Waals surface area contributed by atoms with E-state index in [1.807, 2.05) is 0 Å². The Morgan fingerprint density at radius 3 is 2.73 bits per heavy atom. The molecular weight excluding hydrogens is 238 g/mol. The second-order valence-corrected chi connectivity index (χ2v) is 4.74. The van der Waals surface area contributed by atoms with Crippen LogP contribution in [0.3, 0.4) is 0 Å². The van der Waals surface area contributed by atoms with E-state index in [4.69, 9.17) is 16.7 Å². The van der Waals surface area contributed by atoms with Gasteiger partial charge >= 0.3 is 5.97 Å². The lowest BCUT2D eigenvalue weighted by Gasteiger charge is -2.23. The summed E-state index contributed by atoms with van der Waals surface area (Å²) in [6.45, 7) is 2.05. The molecule has 0 aromatic rings. The predicted octanol–water partition coefficient (Wildman–Crippen LogP) is 0.845. The molecule has 0 aromatic carbocycles.